The summed E-state index contributed by atoms with van der Waals surface area (Å²) in [4.78, 5) is 20.2. The van der Waals surface area contributed by atoms with Crippen molar-refractivity contribution < 1.29 is 0 Å². The van der Waals surface area contributed by atoms with Gasteiger partial charge in [-0.3, -0.25) is 14.5 Å². The molecule has 0 radical (unpaired) electrons. The lowest BCUT2D eigenvalue weighted by atomic mass is 10.1. The Labute approximate surface area is 167 Å². The predicted molar refractivity (Wildman–Crippen MR) is 117 cm³/mol. The highest BCUT2D eigenvalue weighted by Crippen LogP contribution is 2.30. The molecule has 29 heavy (non-hydrogen) atoms. The van der Waals surface area contributed by atoms with E-state index in [4.69, 9.17) is 0 Å². The van der Waals surface area contributed by atoms with E-state index in [0.29, 0.717) is 22.2 Å². The van der Waals surface area contributed by atoms with Crippen molar-refractivity contribution >= 4 is 27.6 Å². The first-order valence-corrected chi connectivity index (χ1v) is 9.36. The summed E-state index contributed by atoms with van der Waals surface area (Å²) < 4.78 is 1.66. The molecule has 0 amide bonds. The summed E-state index contributed by atoms with van der Waals surface area (Å²) in [7, 11) is 3.99. The van der Waals surface area contributed by atoms with Crippen molar-refractivity contribution in [1.82, 2.24) is 19.7 Å². The summed E-state index contributed by atoms with van der Waals surface area (Å²) in [5, 5.41) is 9.00. The van der Waals surface area contributed by atoms with Crippen molar-refractivity contribution in [3.05, 3.63) is 83.3 Å². The van der Waals surface area contributed by atoms with Crippen LogP contribution in [0.2, 0.25) is 0 Å². The molecular weight excluding hydrogens is 362 g/mol. The topological polar surface area (TPSA) is 66.8 Å². The lowest BCUT2D eigenvalue weighted by molar-refractivity contribution is 1.03. The summed E-state index contributed by atoms with van der Waals surface area (Å²) in [6.45, 7) is 0. The van der Waals surface area contributed by atoms with Gasteiger partial charge in [-0.25, -0.2) is 4.98 Å². The highest BCUT2D eigenvalue weighted by Gasteiger charge is 2.19. The van der Waals surface area contributed by atoms with Gasteiger partial charge in [0.25, 0.3) is 5.56 Å². The summed E-state index contributed by atoms with van der Waals surface area (Å²) in [5.74, 6) is 0. The predicted octanol–water partition coefficient (Wildman–Crippen LogP) is 4.00. The van der Waals surface area contributed by atoms with Crippen molar-refractivity contribution in [3.8, 4) is 16.9 Å². The molecule has 5 rings (SSSR count). The molecule has 6 heteroatoms. The molecule has 0 saturated carbocycles. The van der Waals surface area contributed by atoms with Gasteiger partial charge in [0.15, 0.2) is 0 Å². The van der Waals surface area contributed by atoms with Gasteiger partial charge in [-0.15, -0.1) is 0 Å². The van der Waals surface area contributed by atoms with Crippen molar-refractivity contribution in [2.24, 2.45) is 0 Å². The second-order valence-electron chi connectivity index (χ2n) is 7.11. The number of fused-ring (bicyclic) bond motifs is 3. The normalized spacial score (nSPS) is 11.2. The van der Waals surface area contributed by atoms with Crippen molar-refractivity contribution in [3.63, 3.8) is 0 Å². The molecule has 1 N–H and O–H groups in total. The smallest absolute Gasteiger partial charge is 0.268 e. The highest BCUT2D eigenvalue weighted by molar-refractivity contribution is 6.07. The summed E-state index contributed by atoms with van der Waals surface area (Å²) in [6, 6.07) is 21.4. The standard InChI is InChI=1S/C23H19N5O/c1-27(2)16-12-10-15(11-13-16)20-19-21(26-25-20)18-9-6-14-24-22(18)28(23(19)29)17-7-4-3-5-8-17/h3-14H,1-2H3,(H,25,26). The number of aromatic amines is 1. The fourth-order valence-electron chi connectivity index (χ4n) is 3.67. The minimum Gasteiger partial charge on any atom is -0.378 e. The Morgan fingerprint density at radius 2 is 1.69 bits per heavy atom. The third-order valence-corrected chi connectivity index (χ3v) is 5.12. The molecule has 0 spiro atoms. The summed E-state index contributed by atoms with van der Waals surface area (Å²) >= 11 is 0. The molecule has 0 atom stereocenters. The van der Waals surface area contributed by atoms with Gasteiger partial charge in [0, 0.05) is 36.9 Å². The average molecular weight is 381 g/mol. The van der Waals surface area contributed by atoms with E-state index in [1.54, 1.807) is 10.8 Å². The fourth-order valence-corrected chi connectivity index (χ4v) is 3.67. The molecule has 0 fully saturated rings. The van der Waals surface area contributed by atoms with Crippen molar-refractivity contribution in [2.75, 3.05) is 19.0 Å². The van der Waals surface area contributed by atoms with Gasteiger partial charge in [-0.2, -0.15) is 5.10 Å². The monoisotopic (exact) mass is 381 g/mol. The maximum absolute atomic E-state index is 13.6. The minimum atomic E-state index is -0.141. The van der Waals surface area contributed by atoms with Crippen LogP contribution < -0.4 is 10.5 Å². The molecular formula is C23H19N5O. The number of nitrogens with one attached hydrogen (secondary N) is 1. The number of pyridine rings is 2. The number of para-hydroxylation sites is 1. The second kappa shape index (κ2) is 6.60. The van der Waals surface area contributed by atoms with Crippen LogP contribution in [0, 0.1) is 0 Å². The molecule has 142 valence electrons. The number of hydrogen-bond acceptors (Lipinski definition) is 4. The Balaban J connectivity index is 1.85. The zero-order chi connectivity index (χ0) is 20.0. The van der Waals surface area contributed by atoms with Gasteiger partial charge < -0.3 is 4.90 Å². The van der Waals surface area contributed by atoms with Crippen molar-refractivity contribution in [1.29, 1.82) is 0 Å². The third kappa shape index (κ3) is 2.69. The van der Waals surface area contributed by atoms with Crippen LogP contribution in [-0.4, -0.2) is 33.8 Å². The molecule has 0 saturated heterocycles. The Morgan fingerprint density at radius 3 is 2.41 bits per heavy atom. The second-order valence-corrected chi connectivity index (χ2v) is 7.11. The molecule has 0 aliphatic rings. The summed E-state index contributed by atoms with van der Waals surface area (Å²) in [5.41, 5.74) is 4.57. The van der Waals surface area contributed by atoms with Crippen LogP contribution in [0.5, 0.6) is 0 Å². The maximum Gasteiger partial charge on any atom is 0.268 e. The molecule has 6 nitrogen and oxygen atoms in total. The molecule has 3 heterocycles. The maximum atomic E-state index is 13.6. The van der Waals surface area contributed by atoms with Crippen LogP contribution in [0.3, 0.4) is 0 Å². The molecule has 0 aliphatic carbocycles. The molecule has 5 aromatic rings. The number of H-pyrrole nitrogens is 1. The van der Waals surface area contributed by atoms with E-state index in [-0.39, 0.29) is 5.56 Å². The molecule has 2 aromatic carbocycles. The van der Waals surface area contributed by atoms with Gasteiger partial charge in [0.05, 0.1) is 16.6 Å². The first-order valence-electron chi connectivity index (χ1n) is 9.36. The van der Waals surface area contributed by atoms with Crippen LogP contribution in [0.25, 0.3) is 38.9 Å². The average Bonchev–Trinajstić information content (AvgIpc) is 3.21. The van der Waals surface area contributed by atoms with E-state index < -0.39 is 0 Å². The van der Waals surface area contributed by atoms with Gasteiger partial charge in [-0.05, 0) is 36.4 Å². The molecule has 0 aliphatic heterocycles. The van der Waals surface area contributed by atoms with E-state index in [1.165, 1.54) is 0 Å². The first-order chi connectivity index (χ1) is 14.1. The largest absolute Gasteiger partial charge is 0.378 e. The van der Waals surface area contributed by atoms with Crippen LogP contribution in [-0.2, 0) is 0 Å². The summed E-state index contributed by atoms with van der Waals surface area (Å²) in [6.07, 6.45) is 1.70. The lowest BCUT2D eigenvalue weighted by Crippen LogP contribution is -2.20. The Bertz CT molecular complexity index is 1380. The van der Waals surface area contributed by atoms with Gasteiger partial charge in [0.2, 0.25) is 0 Å². The number of aromatic nitrogens is 4. The van der Waals surface area contributed by atoms with E-state index in [2.05, 4.69) is 15.2 Å². The van der Waals surface area contributed by atoms with Gasteiger partial charge >= 0.3 is 0 Å². The van der Waals surface area contributed by atoms with Crippen molar-refractivity contribution in [2.45, 2.75) is 0 Å². The van der Waals surface area contributed by atoms with E-state index >= 15 is 0 Å². The zero-order valence-electron chi connectivity index (χ0n) is 16.1. The van der Waals surface area contributed by atoms with E-state index in [0.717, 1.165) is 22.3 Å². The van der Waals surface area contributed by atoms with Crippen LogP contribution >= 0.6 is 0 Å². The highest BCUT2D eigenvalue weighted by atomic mass is 16.1. The first kappa shape index (κ1) is 17.2. The lowest BCUT2D eigenvalue weighted by Gasteiger charge is -2.12. The number of rotatable bonds is 3. The number of nitrogens with zero attached hydrogens (tertiary/aromatic N) is 4. The van der Waals surface area contributed by atoms with E-state index in [9.17, 15) is 4.79 Å². The SMILES string of the molecule is CN(C)c1ccc(-c2n[nH]c3c2c(=O)n(-c2ccccc2)c2ncccc32)cc1. The molecule has 3 aromatic heterocycles. The van der Waals surface area contributed by atoms with Gasteiger partial charge in [0.1, 0.15) is 11.3 Å². The Kier molecular flexibility index (Phi) is 3.91. The Hall–Kier alpha value is -3.93. The fraction of sp³-hybridized carbons (Fsp3) is 0.0870. The Morgan fingerprint density at radius 1 is 0.931 bits per heavy atom. The van der Waals surface area contributed by atoms with Crippen LogP contribution in [0.15, 0.2) is 77.7 Å². The number of hydrogen-bond donors (Lipinski definition) is 1. The zero-order valence-corrected chi connectivity index (χ0v) is 16.1. The molecule has 0 unspecified atom stereocenters. The number of anilines is 1. The van der Waals surface area contributed by atoms with Crippen LogP contribution in [0.4, 0.5) is 5.69 Å². The third-order valence-electron chi connectivity index (χ3n) is 5.12. The van der Waals surface area contributed by atoms with Gasteiger partial charge in [-0.1, -0.05) is 30.3 Å². The molecule has 0 bridgehead atoms. The minimum absolute atomic E-state index is 0.141. The van der Waals surface area contributed by atoms with E-state index in [1.807, 2.05) is 85.7 Å². The number of benzene rings is 2. The quantitative estimate of drug-likeness (QED) is 0.513. The van der Waals surface area contributed by atoms with Crippen LogP contribution in [0.1, 0.15) is 0 Å².